The number of urea groups is 1. The Hall–Kier alpha value is -3.15. The lowest BCUT2D eigenvalue weighted by Gasteiger charge is -2.41. The minimum atomic E-state index is -1.25. The summed E-state index contributed by atoms with van der Waals surface area (Å²) in [6.07, 6.45) is 10.0. The summed E-state index contributed by atoms with van der Waals surface area (Å²) >= 11 is 0. The minimum absolute atomic E-state index is 0.0207. The first-order valence-corrected chi connectivity index (χ1v) is 15.9. The lowest BCUT2D eigenvalue weighted by atomic mass is 9.79. The first-order chi connectivity index (χ1) is 20.1. The van der Waals surface area contributed by atoms with E-state index in [4.69, 9.17) is 0 Å². The van der Waals surface area contributed by atoms with Gasteiger partial charge in [-0.1, -0.05) is 84.9 Å². The van der Waals surface area contributed by atoms with Crippen molar-refractivity contribution in [1.82, 2.24) is 15.1 Å². The number of rotatable bonds is 7. The fraction of sp³-hybridized carbons (Fsp3) is 0.472. The maximum Gasteiger partial charge on any atom is 0.317 e. The van der Waals surface area contributed by atoms with Gasteiger partial charge in [0.15, 0.2) is 0 Å². The summed E-state index contributed by atoms with van der Waals surface area (Å²) < 4.78 is 0. The molecular formula is C36H43N3O2. The summed E-state index contributed by atoms with van der Waals surface area (Å²) in [5.41, 5.74) is 3.57. The SMILES string of the molecule is O=C(NC1CCC(CCN2[C@@H]3CC[C@H]2c2ccccc23)CC1)N1CCC[C@H]1C(O)(c1ccccc1)c1ccccc1. The Balaban J connectivity index is 0.961. The van der Waals surface area contributed by atoms with E-state index in [0.29, 0.717) is 18.6 Å². The van der Waals surface area contributed by atoms with Crippen LogP contribution >= 0.6 is 0 Å². The van der Waals surface area contributed by atoms with E-state index in [1.54, 1.807) is 11.1 Å². The predicted molar refractivity (Wildman–Crippen MR) is 162 cm³/mol. The molecule has 1 aliphatic carbocycles. The number of nitrogens with one attached hydrogen (secondary N) is 1. The first-order valence-electron chi connectivity index (χ1n) is 15.9. The van der Waals surface area contributed by atoms with Crippen LogP contribution in [0.1, 0.15) is 92.1 Å². The van der Waals surface area contributed by atoms with Crippen LogP contribution in [-0.4, -0.2) is 46.1 Å². The van der Waals surface area contributed by atoms with Gasteiger partial charge in [0.05, 0.1) is 6.04 Å². The summed E-state index contributed by atoms with van der Waals surface area (Å²) in [4.78, 5) is 18.4. The molecule has 5 nitrogen and oxygen atoms in total. The average molecular weight is 550 g/mol. The number of carbonyl (C=O) groups excluding carboxylic acids is 1. The number of carbonyl (C=O) groups is 1. The van der Waals surface area contributed by atoms with Crippen molar-refractivity contribution >= 4 is 6.03 Å². The summed E-state index contributed by atoms with van der Waals surface area (Å²) in [7, 11) is 0. The molecule has 0 aromatic heterocycles. The number of nitrogens with zero attached hydrogens (tertiary/aromatic N) is 2. The van der Waals surface area contributed by atoms with Gasteiger partial charge in [0, 0.05) is 24.7 Å². The second-order valence-corrected chi connectivity index (χ2v) is 12.8. The zero-order valence-corrected chi connectivity index (χ0v) is 24.0. The molecule has 41 heavy (non-hydrogen) atoms. The summed E-state index contributed by atoms with van der Waals surface area (Å²) in [5.74, 6) is 0.743. The Morgan fingerprint density at radius 2 is 1.32 bits per heavy atom. The molecule has 3 aromatic carbocycles. The second kappa shape index (κ2) is 11.3. The first kappa shape index (κ1) is 26.7. The van der Waals surface area contributed by atoms with E-state index in [0.717, 1.165) is 42.7 Å². The van der Waals surface area contributed by atoms with Crippen LogP contribution in [0.2, 0.25) is 0 Å². The summed E-state index contributed by atoms with van der Waals surface area (Å²) in [6.45, 7) is 1.87. The lowest BCUT2D eigenvalue weighted by molar-refractivity contribution is 0.00803. The van der Waals surface area contributed by atoms with Crippen LogP contribution in [0.25, 0.3) is 0 Å². The van der Waals surface area contributed by atoms with Crippen LogP contribution in [0, 0.1) is 5.92 Å². The Morgan fingerprint density at radius 3 is 1.90 bits per heavy atom. The molecule has 1 saturated carbocycles. The molecule has 214 valence electrons. The van der Waals surface area contributed by atoms with Crippen molar-refractivity contribution in [3.63, 3.8) is 0 Å². The molecule has 3 aromatic rings. The highest BCUT2D eigenvalue weighted by Gasteiger charge is 2.47. The molecule has 0 unspecified atom stereocenters. The molecule has 4 aliphatic rings. The van der Waals surface area contributed by atoms with Crippen LogP contribution in [0.3, 0.4) is 0 Å². The standard InChI is InChI=1S/C36H43N3O2/c40-35(39-24-9-16-34(39)36(41,27-10-3-1-4-11-27)28-12-5-2-6-13-28)37-29-19-17-26(18-20-29)23-25-38-32-21-22-33(38)31-15-8-7-14-30(31)32/h1-8,10-15,26,29,32-34,41H,9,16-25H2,(H,37,40)/t26?,29?,32-,33+,34-/m0/s1. The average Bonchev–Trinajstić information content (AvgIpc) is 3.76. The highest BCUT2D eigenvalue weighted by atomic mass is 16.3. The fourth-order valence-corrected chi connectivity index (χ4v) is 8.53. The maximum atomic E-state index is 13.7. The largest absolute Gasteiger partial charge is 0.378 e. The Kier molecular flexibility index (Phi) is 7.34. The van der Waals surface area contributed by atoms with Crippen molar-refractivity contribution in [2.45, 2.75) is 87.6 Å². The van der Waals surface area contributed by atoms with Gasteiger partial charge < -0.3 is 15.3 Å². The molecule has 2 saturated heterocycles. The number of aliphatic hydroxyl groups is 1. The van der Waals surface area contributed by atoms with Gasteiger partial charge in [-0.05, 0) is 92.5 Å². The zero-order valence-electron chi connectivity index (χ0n) is 24.0. The third-order valence-corrected chi connectivity index (χ3v) is 10.6. The number of amides is 2. The number of hydrogen-bond donors (Lipinski definition) is 2. The third kappa shape index (κ3) is 4.87. The van der Waals surface area contributed by atoms with Gasteiger partial charge in [-0.25, -0.2) is 4.79 Å². The number of hydrogen-bond acceptors (Lipinski definition) is 3. The van der Waals surface area contributed by atoms with Crippen molar-refractivity contribution in [3.05, 3.63) is 107 Å². The van der Waals surface area contributed by atoms with Crippen LogP contribution in [0.4, 0.5) is 4.79 Å². The third-order valence-electron chi connectivity index (χ3n) is 10.6. The number of fused-ring (bicyclic) bond motifs is 5. The van der Waals surface area contributed by atoms with Crippen LogP contribution in [0.15, 0.2) is 84.9 Å². The van der Waals surface area contributed by atoms with Gasteiger partial charge in [0.2, 0.25) is 0 Å². The molecule has 2 N–H and O–H groups in total. The van der Waals surface area contributed by atoms with Crippen molar-refractivity contribution < 1.29 is 9.90 Å². The monoisotopic (exact) mass is 549 g/mol. The second-order valence-electron chi connectivity index (χ2n) is 12.8. The zero-order chi connectivity index (χ0) is 27.8. The van der Waals surface area contributed by atoms with E-state index >= 15 is 0 Å². The van der Waals surface area contributed by atoms with Crippen molar-refractivity contribution in [3.8, 4) is 0 Å². The van der Waals surface area contributed by atoms with E-state index in [9.17, 15) is 9.90 Å². The molecule has 3 atom stereocenters. The van der Waals surface area contributed by atoms with E-state index in [2.05, 4.69) is 34.5 Å². The van der Waals surface area contributed by atoms with Gasteiger partial charge >= 0.3 is 6.03 Å². The highest BCUT2D eigenvalue weighted by Crippen LogP contribution is 2.53. The number of benzene rings is 3. The Bertz CT molecular complexity index is 1270. The van der Waals surface area contributed by atoms with Crippen LogP contribution in [-0.2, 0) is 5.60 Å². The van der Waals surface area contributed by atoms with E-state index < -0.39 is 5.60 Å². The molecule has 7 rings (SSSR count). The molecule has 0 radical (unpaired) electrons. The number of likely N-dealkylation sites (tertiary alicyclic amines) is 1. The minimum Gasteiger partial charge on any atom is -0.378 e. The van der Waals surface area contributed by atoms with Crippen molar-refractivity contribution in [1.29, 1.82) is 0 Å². The molecule has 5 heteroatoms. The quantitative estimate of drug-likeness (QED) is 0.336. The van der Waals surface area contributed by atoms with Crippen LogP contribution in [0.5, 0.6) is 0 Å². The smallest absolute Gasteiger partial charge is 0.317 e. The van der Waals surface area contributed by atoms with Crippen molar-refractivity contribution in [2.75, 3.05) is 13.1 Å². The van der Waals surface area contributed by atoms with Gasteiger partial charge in [-0.2, -0.15) is 0 Å². The molecule has 3 aliphatic heterocycles. The molecule has 2 bridgehead atoms. The molecule has 2 amide bonds. The summed E-state index contributed by atoms with van der Waals surface area (Å²) in [6, 6.07) is 30.0. The van der Waals surface area contributed by atoms with Gasteiger partial charge in [0.1, 0.15) is 5.60 Å². The van der Waals surface area contributed by atoms with Crippen molar-refractivity contribution in [2.24, 2.45) is 5.92 Å². The normalized spacial score (nSPS) is 27.6. The fourth-order valence-electron chi connectivity index (χ4n) is 8.53. The summed E-state index contributed by atoms with van der Waals surface area (Å²) in [5, 5.41) is 15.7. The molecule has 0 spiro atoms. The Labute approximate surface area is 244 Å². The van der Waals surface area contributed by atoms with Gasteiger partial charge in [-0.15, -0.1) is 0 Å². The Morgan fingerprint density at radius 1 is 0.756 bits per heavy atom. The van der Waals surface area contributed by atoms with E-state index in [1.807, 2.05) is 65.6 Å². The van der Waals surface area contributed by atoms with Gasteiger partial charge in [-0.3, -0.25) is 4.90 Å². The predicted octanol–water partition coefficient (Wildman–Crippen LogP) is 6.94. The molecule has 3 heterocycles. The van der Waals surface area contributed by atoms with Gasteiger partial charge in [0.25, 0.3) is 0 Å². The van der Waals surface area contributed by atoms with E-state index in [-0.39, 0.29) is 18.1 Å². The topological polar surface area (TPSA) is 55.8 Å². The molecular weight excluding hydrogens is 506 g/mol. The lowest BCUT2D eigenvalue weighted by Crippen LogP contribution is -2.54. The highest BCUT2D eigenvalue weighted by molar-refractivity contribution is 5.75. The maximum absolute atomic E-state index is 13.7. The van der Waals surface area contributed by atoms with E-state index in [1.165, 1.54) is 38.6 Å². The molecule has 3 fully saturated rings. The van der Waals surface area contributed by atoms with Crippen LogP contribution < -0.4 is 5.32 Å².